The normalized spacial score (nSPS) is 10.8. The van der Waals surface area contributed by atoms with Crippen molar-refractivity contribution in [1.29, 1.82) is 0 Å². The van der Waals surface area contributed by atoms with Gasteiger partial charge in [0.05, 0.1) is 4.70 Å². The lowest BCUT2D eigenvalue weighted by Crippen LogP contribution is -1.76. The van der Waals surface area contributed by atoms with E-state index in [-0.39, 0.29) is 0 Å². The van der Waals surface area contributed by atoms with Crippen molar-refractivity contribution in [2.45, 2.75) is 4.90 Å². The Hall–Kier alpha value is 0.0600. The van der Waals surface area contributed by atoms with Gasteiger partial charge in [-0.3, -0.25) is 0 Å². The molecule has 0 fully saturated rings. The minimum Gasteiger partial charge on any atom is -0.506 e. The third-order valence-electron chi connectivity index (χ3n) is 1.64. The molecular weight excluding hydrogens is 303 g/mol. The SMILES string of the molecule is Oc1cc(I)c(S)c2ccsc12. The van der Waals surface area contributed by atoms with Crippen molar-refractivity contribution in [3.05, 3.63) is 21.1 Å². The van der Waals surface area contributed by atoms with Gasteiger partial charge in [-0.15, -0.1) is 24.0 Å². The first kappa shape index (κ1) is 8.65. The predicted octanol–water partition coefficient (Wildman–Crippen LogP) is 3.50. The third kappa shape index (κ3) is 1.22. The summed E-state index contributed by atoms with van der Waals surface area (Å²) in [5.74, 6) is 0.349. The highest BCUT2D eigenvalue weighted by atomic mass is 127. The maximum absolute atomic E-state index is 9.54. The minimum absolute atomic E-state index is 0.349. The van der Waals surface area contributed by atoms with Crippen LogP contribution in [0.2, 0.25) is 0 Å². The van der Waals surface area contributed by atoms with E-state index in [1.54, 1.807) is 6.07 Å². The molecule has 2 rings (SSSR count). The Bertz CT molecular complexity index is 436. The Kier molecular flexibility index (Phi) is 2.22. The van der Waals surface area contributed by atoms with Crippen LogP contribution in [0.5, 0.6) is 5.75 Å². The highest BCUT2D eigenvalue weighted by molar-refractivity contribution is 14.1. The largest absolute Gasteiger partial charge is 0.506 e. The fourth-order valence-corrected chi connectivity index (χ4v) is 2.81. The van der Waals surface area contributed by atoms with Crippen molar-refractivity contribution in [3.63, 3.8) is 0 Å². The minimum atomic E-state index is 0.349. The summed E-state index contributed by atoms with van der Waals surface area (Å²) in [4.78, 5) is 0.949. The average molecular weight is 308 g/mol. The molecule has 0 aliphatic heterocycles. The van der Waals surface area contributed by atoms with Crippen LogP contribution < -0.4 is 0 Å². The average Bonchev–Trinajstić information content (AvgIpc) is 2.48. The first-order valence-electron chi connectivity index (χ1n) is 3.28. The molecule has 0 atom stereocenters. The van der Waals surface area contributed by atoms with E-state index >= 15 is 0 Å². The van der Waals surface area contributed by atoms with E-state index in [9.17, 15) is 5.11 Å². The van der Waals surface area contributed by atoms with Gasteiger partial charge in [-0.25, -0.2) is 0 Å². The molecular formula is C8H5IOS2. The molecule has 1 aromatic heterocycles. The van der Waals surface area contributed by atoms with E-state index in [4.69, 9.17) is 0 Å². The predicted molar refractivity (Wildman–Crippen MR) is 63.5 cm³/mol. The van der Waals surface area contributed by atoms with Crippen LogP contribution in [-0.4, -0.2) is 5.11 Å². The number of rotatable bonds is 0. The summed E-state index contributed by atoms with van der Waals surface area (Å²) in [5.41, 5.74) is 0. The monoisotopic (exact) mass is 308 g/mol. The van der Waals surface area contributed by atoms with Crippen molar-refractivity contribution in [2.24, 2.45) is 0 Å². The number of thiophene rings is 1. The molecule has 2 aromatic rings. The summed E-state index contributed by atoms with van der Waals surface area (Å²) >= 11 is 8.06. The number of thiol groups is 1. The quantitative estimate of drug-likeness (QED) is 0.564. The summed E-state index contributed by atoms with van der Waals surface area (Å²) in [6.45, 7) is 0. The van der Waals surface area contributed by atoms with Crippen LogP contribution in [-0.2, 0) is 0 Å². The number of hydrogen-bond donors (Lipinski definition) is 2. The van der Waals surface area contributed by atoms with Gasteiger partial charge in [0, 0.05) is 13.9 Å². The number of phenols is 1. The lowest BCUT2D eigenvalue weighted by atomic mass is 10.2. The molecule has 4 heteroatoms. The summed E-state index contributed by atoms with van der Waals surface area (Å²) < 4.78 is 1.90. The molecule has 0 aliphatic carbocycles. The van der Waals surface area contributed by atoms with Crippen molar-refractivity contribution >= 4 is 56.6 Å². The van der Waals surface area contributed by atoms with E-state index in [0.717, 1.165) is 18.6 Å². The molecule has 0 amide bonds. The van der Waals surface area contributed by atoms with E-state index < -0.39 is 0 Å². The van der Waals surface area contributed by atoms with Gasteiger partial charge in [0.25, 0.3) is 0 Å². The Morgan fingerprint density at radius 1 is 1.50 bits per heavy atom. The molecule has 0 saturated carbocycles. The second-order valence-corrected chi connectivity index (χ2v) is 4.92. The Morgan fingerprint density at radius 2 is 2.25 bits per heavy atom. The molecule has 12 heavy (non-hydrogen) atoms. The Morgan fingerprint density at radius 3 is 3.00 bits per heavy atom. The fourth-order valence-electron chi connectivity index (χ4n) is 1.08. The van der Waals surface area contributed by atoms with Crippen molar-refractivity contribution < 1.29 is 5.11 Å². The topological polar surface area (TPSA) is 20.2 Å². The third-order valence-corrected chi connectivity index (χ3v) is 4.34. The number of halogens is 1. The van der Waals surface area contributed by atoms with Gasteiger partial charge in [0.15, 0.2) is 0 Å². The first-order chi connectivity index (χ1) is 5.70. The maximum Gasteiger partial charge on any atom is 0.134 e. The van der Waals surface area contributed by atoms with Gasteiger partial charge < -0.3 is 5.11 Å². The van der Waals surface area contributed by atoms with Crippen LogP contribution in [0.4, 0.5) is 0 Å². The van der Waals surface area contributed by atoms with E-state index in [0.29, 0.717) is 5.75 Å². The van der Waals surface area contributed by atoms with Crippen LogP contribution >= 0.6 is 46.6 Å². The zero-order chi connectivity index (χ0) is 8.72. The lowest BCUT2D eigenvalue weighted by molar-refractivity contribution is 0.482. The molecule has 62 valence electrons. The molecule has 1 heterocycles. The zero-order valence-electron chi connectivity index (χ0n) is 5.91. The Balaban J connectivity index is 2.97. The molecule has 0 bridgehead atoms. The molecule has 1 N–H and O–H groups in total. The first-order valence-corrected chi connectivity index (χ1v) is 5.68. The smallest absolute Gasteiger partial charge is 0.134 e. The van der Waals surface area contributed by atoms with Crippen LogP contribution in [0.15, 0.2) is 22.4 Å². The number of aromatic hydroxyl groups is 1. The summed E-state index contributed by atoms with van der Waals surface area (Å²) in [5, 5.41) is 12.5. The molecule has 0 unspecified atom stereocenters. The van der Waals surface area contributed by atoms with Gasteiger partial charge in [0.2, 0.25) is 0 Å². The van der Waals surface area contributed by atoms with E-state index in [1.807, 2.05) is 11.4 Å². The maximum atomic E-state index is 9.54. The highest BCUT2D eigenvalue weighted by Gasteiger charge is 2.07. The molecule has 0 aliphatic rings. The van der Waals surface area contributed by atoms with Crippen LogP contribution in [0.3, 0.4) is 0 Å². The summed E-state index contributed by atoms with van der Waals surface area (Å²) in [6.07, 6.45) is 0. The molecule has 0 saturated heterocycles. The van der Waals surface area contributed by atoms with Gasteiger partial charge >= 0.3 is 0 Å². The fraction of sp³-hybridized carbons (Fsp3) is 0. The number of hydrogen-bond acceptors (Lipinski definition) is 3. The molecule has 0 spiro atoms. The Labute approximate surface area is 93.0 Å². The molecule has 1 aromatic carbocycles. The van der Waals surface area contributed by atoms with Crippen molar-refractivity contribution in [3.8, 4) is 5.75 Å². The van der Waals surface area contributed by atoms with Gasteiger partial charge in [-0.2, -0.15) is 0 Å². The van der Waals surface area contributed by atoms with Gasteiger partial charge in [-0.05, 0) is 40.1 Å². The second kappa shape index (κ2) is 3.08. The second-order valence-electron chi connectivity index (χ2n) is 2.39. The van der Waals surface area contributed by atoms with Crippen molar-refractivity contribution in [1.82, 2.24) is 0 Å². The van der Waals surface area contributed by atoms with Crippen molar-refractivity contribution in [2.75, 3.05) is 0 Å². The number of phenolic OH excluding ortho intramolecular Hbond substituents is 1. The zero-order valence-corrected chi connectivity index (χ0v) is 9.78. The standard InChI is InChI=1S/C8H5IOS2/c9-5-3-6(10)8-4(7(5)11)1-2-12-8/h1-3,10-11H. The molecule has 1 nitrogen and oxygen atoms in total. The van der Waals surface area contributed by atoms with E-state index in [2.05, 4.69) is 35.2 Å². The lowest BCUT2D eigenvalue weighted by Gasteiger charge is -2.00. The van der Waals surface area contributed by atoms with E-state index in [1.165, 1.54) is 11.3 Å². The van der Waals surface area contributed by atoms with Crippen LogP contribution in [0, 0.1) is 3.57 Å². The van der Waals surface area contributed by atoms with Gasteiger partial charge in [-0.1, -0.05) is 0 Å². The summed E-state index contributed by atoms with van der Waals surface area (Å²) in [7, 11) is 0. The number of fused-ring (bicyclic) bond motifs is 1. The van der Waals surface area contributed by atoms with Gasteiger partial charge in [0.1, 0.15) is 5.75 Å². The van der Waals surface area contributed by atoms with Crippen LogP contribution in [0.1, 0.15) is 0 Å². The highest BCUT2D eigenvalue weighted by Crippen LogP contribution is 2.36. The molecule has 0 radical (unpaired) electrons. The van der Waals surface area contributed by atoms with Crippen LogP contribution in [0.25, 0.3) is 10.1 Å². The number of benzene rings is 1. The summed E-state index contributed by atoms with van der Waals surface area (Å²) in [6, 6.07) is 3.71.